The number of pyridine rings is 1. The summed E-state index contributed by atoms with van der Waals surface area (Å²) in [7, 11) is 0. The first kappa shape index (κ1) is 17.3. The van der Waals surface area contributed by atoms with Crippen LogP contribution in [0.15, 0.2) is 47.4 Å². The zero-order chi connectivity index (χ0) is 18.8. The molecule has 27 heavy (non-hydrogen) atoms. The molecule has 0 amide bonds. The van der Waals surface area contributed by atoms with E-state index < -0.39 is 5.69 Å². The van der Waals surface area contributed by atoms with Crippen molar-refractivity contribution in [2.45, 2.75) is 6.92 Å². The third-order valence-electron chi connectivity index (χ3n) is 4.92. The van der Waals surface area contributed by atoms with E-state index in [1.807, 2.05) is 12.1 Å². The zero-order valence-corrected chi connectivity index (χ0v) is 15.2. The molecule has 2 aromatic heterocycles. The van der Waals surface area contributed by atoms with Crippen LogP contribution in [-0.4, -0.2) is 57.5 Å². The average Bonchev–Trinajstić information content (AvgIpc) is 2.72. The zero-order valence-electron chi connectivity index (χ0n) is 15.2. The highest BCUT2D eigenvalue weighted by atomic mass is 16.5. The number of hydrogen-bond donors (Lipinski definition) is 2. The molecular formula is C19H22N6O2. The lowest BCUT2D eigenvalue weighted by molar-refractivity contribution is 0.182. The van der Waals surface area contributed by atoms with Gasteiger partial charge in [0.1, 0.15) is 5.82 Å². The number of hydrogen-bond acceptors (Lipinski definition) is 7. The summed E-state index contributed by atoms with van der Waals surface area (Å²) in [6.07, 6.45) is 1.52. The van der Waals surface area contributed by atoms with E-state index in [1.54, 1.807) is 12.1 Å². The van der Waals surface area contributed by atoms with Gasteiger partial charge in [0.15, 0.2) is 5.65 Å². The van der Waals surface area contributed by atoms with Gasteiger partial charge in [-0.3, -0.25) is 0 Å². The molecule has 1 aliphatic heterocycles. The number of benzene rings is 1. The van der Waals surface area contributed by atoms with E-state index in [2.05, 4.69) is 44.1 Å². The first-order valence-electron chi connectivity index (χ1n) is 9.07. The van der Waals surface area contributed by atoms with Crippen LogP contribution in [0, 0.1) is 0 Å². The van der Waals surface area contributed by atoms with Crippen molar-refractivity contribution in [1.82, 2.24) is 19.6 Å². The number of likely N-dealkylation sites (N-methyl/N-ethyl adjacent to an activating group) is 1. The van der Waals surface area contributed by atoms with Crippen molar-refractivity contribution in [2.24, 2.45) is 0 Å². The van der Waals surface area contributed by atoms with E-state index in [-0.39, 0.29) is 5.65 Å². The predicted octanol–water partition coefficient (Wildman–Crippen LogP) is 1.91. The van der Waals surface area contributed by atoms with Crippen LogP contribution < -0.4 is 15.9 Å². The van der Waals surface area contributed by atoms with Crippen LogP contribution >= 0.6 is 0 Å². The third-order valence-corrected chi connectivity index (χ3v) is 4.92. The molecule has 0 radical (unpaired) electrons. The Bertz CT molecular complexity index is 1010. The van der Waals surface area contributed by atoms with Gasteiger partial charge in [0.05, 0.1) is 5.39 Å². The van der Waals surface area contributed by atoms with Gasteiger partial charge in [0, 0.05) is 43.8 Å². The maximum atomic E-state index is 11.9. The number of nitrogens with one attached hydrogen (secondary N) is 1. The predicted molar refractivity (Wildman–Crippen MR) is 105 cm³/mol. The number of piperazine rings is 1. The van der Waals surface area contributed by atoms with Crippen molar-refractivity contribution in [2.75, 3.05) is 42.9 Å². The van der Waals surface area contributed by atoms with Crippen molar-refractivity contribution < 1.29 is 5.21 Å². The Kier molecular flexibility index (Phi) is 4.64. The monoisotopic (exact) mass is 366 g/mol. The van der Waals surface area contributed by atoms with E-state index >= 15 is 0 Å². The van der Waals surface area contributed by atoms with Crippen molar-refractivity contribution in [3.05, 3.63) is 53.1 Å². The molecule has 1 aliphatic rings. The largest absolute Gasteiger partial charge is 0.422 e. The molecule has 0 bridgehead atoms. The molecular weight excluding hydrogens is 344 g/mol. The van der Waals surface area contributed by atoms with Gasteiger partial charge in [-0.15, -0.1) is 4.73 Å². The fraction of sp³-hybridized carbons (Fsp3) is 0.316. The lowest BCUT2D eigenvalue weighted by atomic mass is 10.2. The van der Waals surface area contributed by atoms with Gasteiger partial charge in [-0.1, -0.05) is 13.0 Å². The lowest BCUT2D eigenvalue weighted by Gasteiger charge is -2.35. The number of rotatable bonds is 4. The van der Waals surface area contributed by atoms with Gasteiger partial charge in [0.2, 0.25) is 0 Å². The minimum Gasteiger partial charge on any atom is -0.422 e. The molecule has 8 heteroatoms. The van der Waals surface area contributed by atoms with Crippen LogP contribution in [0.3, 0.4) is 0 Å². The van der Waals surface area contributed by atoms with Crippen molar-refractivity contribution in [3.8, 4) is 0 Å². The van der Waals surface area contributed by atoms with Crippen molar-refractivity contribution in [3.63, 3.8) is 0 Å². The second-order valence-corrected chi connectivity index (χ2v) is 6.53. The molecule has 0 atom stereocenters. The van der Waals surface area contributed by atoms with Gasteiger partial charge in [-0.05, 0) is 36.9 Å². The molecule has 3 aromatic rings. The van der Waals surface area contributed by atoms with E-state index in [0.717, 1.165) is 44.1 Å². The summed E-state index contributed by atoms with van der Waals surface area (Å²) < 4.78 is 0.462. The molecule has 0 spiro atoms. The molecule has 2 N–H and O–H groups in total. The smallest absolute Gasteiger partial charge is 0.384 e. The number of aromatic nitrogens is 3. The maximum Gasteiger partial charge on any atom is 0.384 e. The van der Waals surface area contributed by atoms with Crippen LogP contribution in [0.4, 0.5) is 17.2 Å². The molecule has 8 nitrogen and oxygen atoms in total. The molecule has 1 saturated heterocycles. The Labute approximate surface area is 156 Å². The Morgan fingerprint density at radius 1 is 1.15 bits per heavy atom. The highest BCUT2D eigenvalue weighted by molar-refractivity contribution is 5.88. The van der Waals surface area contributed by atoms with E-state index in [4.69, 9.17) is 0 Å². The minimum atomic E-state index is -0.768. The van der Waals surface area contributed by atoms with Gasteiger partial charge in [0.25, 0.3) is 0 Å². The first-order valence-corrected chi connectivity index (χ1v) is 9.07. The Balaban J connectivity index is 1.62. The normalized spacial score (nSPS) is 15.2. The molecule has 140 valence electrons. The highest BCUT2D eigenvalue weighted by Gasteiger charge is 2.16. The second-order valence-electron chi connectivity index (χ2n) is 6.53. The van der Waals surface area contributed by atoms with Gasteiger partial charge in [-0.2, -0.15) is 4.98 Å². The Morgan fingerprint density at radius 3 is 2.74 bits per heavy atom. The van der Waals surface area contributed by atoms with Crippen LogP contribution in [-0.2, 0) is 0 Å². The molecule has 4 rings (SSSR count). The van der Waals surface area contributed by atoms with Gasteiger partial charge >= 0.3 is 5.69 Å². The summed E-state index contributed by atoms with van der Waals surface area (Å²) in [4.78, 5) is 24.7. The summed E-state index contributed by atoms with van der Waals surface area (Å²) in [6, 6.07) is 11.6. The second kappa shape index (κ2) is 7.24. The minimum absolute atomic E-state index is 0.173. The number of fused-ring (bicyclic) bond motifs is 1. The first-order chi connectivity index (χ1) is 13.2. The van der Waals surface area contributed by atoms with Crippen LogP contribution in [0.5, 0.6) is 0 Å². The fourth-order valence-electron chi connectivity index (χ4n) is 3.38. The maximum absolute atomic E-state index is 11.9. The Morgan fingerprint density at radius 2 is 1.96 bits per heavy atom. The molecule has 0 unspecified atom stereocenters. The topological polar surface area (TPSA) is 86.5 Å². The van der Waals surface area contributed by atoms with Gasteiger partial charge in [-0.25, -0.2) is 9.78 Å². The van der Waals surface area contributed by atoms with Gasteiger partial charge < -0.3 is 20.3 Å². The van der Waals surface area contributed by atoms with Crippen molar-refractivity contribution in [1.29, 1.82) is 0 Å². The molecule has 0 aliphatic carbocycles. The summed E-state index contributed by atoms with van der Waals surface area (Å²) >= 11 is 0. The number of anilines is 3. The summed E-state index contributed by atoms with van der Waals surface area (Å²) in [5.74, 6) is 0.376. The third kappa shape index (κ3) is 3.43. The molecule has 1 aromatic carbocycles. The van der Waals surface area contributed by atoms with E-state index in [9.17, 15) is 10.0 Å². The van der Waals surface area contributed by atoms with E-state index in [1.165, 1.54) is 6.20 Å². The average molecular weight is 366 g/mol. The lowest BCUT2D eigenvalue weighted by Crippen LogP contribution is -2.46. The summed E-state index contributed by atoms with van der Waals surface area (Å²) in [5, 5.41) is 13.6. The Hall–Kier alpha value is -3.13. The van der Waals surface area contributed by atoms with Crippen LogP contribution in [0.25, 0.3) is 11.0 Å². The standard InChI is InChI=1S/C19H22N6O2/c1-2-23-9-11-24(12-10-23)15-6-3-5-14(13-15)21-17-16-7-4-8-20-18(16)25(27)19(26)22-17/h3-8,13,27H,2,9-12H2,1H3,(H,21,22,26). The highest BCUT2D eigenvalue weighted by Crippen LogP contribution is 2.25. The van der Waals surface area contributed by atoms with Crippen molar-refractivity contribution >= 4 is 28.2 Å². The number of nitrogens with zero attached hydrogens (tertiary/aromatic N) is 5. The molecule has 1 fully saturated rings. The van der Waals surface area contributed by atoms with Crippen LogP contribution in [0.2, 0.25) is 0 Å². The quantitative estimate of drug-likeness (QED) is 0.682. The molecule has 0 saturated carbocycles. The fourth-order valence-corrected chi connectivity index (χ4v) is 3.38. The van der Waals surface area contributed by atoms with Crippen LogP contribution in [0.1, 0.15) is 6.92 Å². The summed E-state index contributed by atoms with van der Waals surface area (Å²) in [5.41, 5.74) is 1.37. The molecule has 3 heterocycles. The summed E-state index contributed by atoms with van der Waals surface area (Å²) in [6.45, 7) is 7.36. The van der Waals surface area contributed by atoms with E-state index in [0.29, 0.717) is 15.9 Å². The SMILES string of the molecule is CCN1CCN(c2cccc(Nc3nc(=O)n(O)c4ncccc34)c2)CC1.